The maximum atomic E-state index is 5.56. The molecule has 0 N–H and O–H groups in total. The van der Waals surface area contributed by atoms with Crippen molar-refractivity contribution in [3.05, 3.63) is 273 Å². The smallest absolute Gasteiger partial charge is 0.160 e. The van der Waals surface area contributed by atoms with Gasteiger partial charge in [0.2, 0.25) is 0 Å². The van der Waals surface area contributed by atoms with Crippen LogP contribution < -0.4 is 4.90 Å². The van der Waals surface area contributed by atoms with Crippen molar-refractivity contribution in [3.8, 4) is 56.3 Å². The summed E-state index contributed by atoms with van der Waals surface area (Å²) in [6.07, 6.45) is 0. The molecule has 4 aromatic heterocycles. The molecule has 0 bridgehead atoms. The third-order valence-electron chi connectivity index (χ3n) is 14.9. The van der Waals surface area contributed by atoms with Crippen LogP contribution in [-0.4, -0.2) is 19.1 Å². The first-order valence-corrected chi connectivity index (χ1v) is 26.5. The molecule has 0 aliphatic heterocycles. The van der Waals surface area contributed by atoms with Gasteiger partial charge in [0.25, 0.3) is 0 Å². The van der Waals surface area contributed by atoms with Crippen molar-refractivity contribution in [1.82, 2.24) is 19.1 Å². The van der Waals surface area contributed by atoms with E-state index in [1.807, 2.05) is 6.07 Å². The molecule has 0 amide bonds. The van der Waals surface area contributed by atoms with Crippen molar-refractivity contribution in [2.45, 2.75) is 0 Å². The summed E-state index contributed by atoms with van der Waals surface area (Å²) in [6.45, 7) is 0. The van der Waals surface area contributed by atoms with Gasteiger partial charge in [0.1, 0.15) is 0 Å². The summed E-state index contributed by atoms with van der Waals surface area (Å²) < 4.78 is 7.23. The molecule has 0 atom stereocenters. The first-order chi connectivity index (χ1) is 37.7. The molecular weight excluding hydrogens is 943 g/mol. The Kier molecular flexibility index (Phi) is 10.3. The molecule has 76 heavy (non-hydrogen) atoms. The number of fused-ring (bicyclic) bond motifs is 9. The number of rotatable bonds is 9. The SMILES string of the molecule is c1ccc(-c2nc(-c3cc(-c4ccccc4)c(-n4c5cc(N(c6ccccc6)c6ccccc6)ccc5c5ccc(-n6c7ccccc7c7ccccc76)cc54)c(-c4ccccc4)c3)c3sc4ccccc4c3n2)cc1. The molecule has 0 radical (unpaired) electrons. The van der Waals surface area contributed by atoms with Crippen LogP contribution in [0.25, 0.3) is 120 Å². The summed E-state index contributed by atoms with van der Waals surface area (Å²) in [6, 6.07) is 98.5. The van der Waals surface area contributed by atoms with Gasteiger partial charge in [0.05, 0.1) is 43.7 Å². The average molecular weight is 988 g/mol. The lowest BCUT2D eigenvalue weighted by Gasteiger charge is -2.26. The zero-order chi connectivity index (χ0) is 50.1. The van der Waals surface area contributed by atoms with Gasteiger partial charge in [-0.3, -0.25) is 0 Å². The van der Waals surface area contributed by atoms with Crippen molar-refractivity contribution >= 4 is 92.3 Å². The molecule has 0 aliphatic carbocycles. The van der Waals surface area contributed by atoms with E-state index in [9.17, 15) is 0 Å². The van der Waals surface area contributed by atoms with Gasteiger partial charge < -0.3 is 14.0 Å². The van der Waals surface area contributed by atoms with Crippen LogP contribution in [0.1, 0.15) is 0 Å². The maximum absolute atomic E-state index is 5.56. The number of thiophene rings is 1. The second-order valence-corrected chi connectivity index (χ2v) is 20.4. The molecule has 5 nitrogen and oxygen atoms in total. The molecule has 6 heteroatoms. The van der Waals surface area contributed by atoms with Crippen LogP contribution in [0.3, 0.4) is 0 Å². The van der Waals surface area contributed by atoms with Crippen molar-refractivity contribution in [3.63, 3.8) is 0 Å². The van der Waals surface area contributed by atoms with Gasteiger partial charge in [0.15, 0.2) is 5.82 Å². The highest BCUT2D eigenvalue weighted by molar-refractivity contribution is 7.26. The standard InChI is InChI=1S/C70H45N5S/c1-6-22-46(23-7-1)59-42-49(66-69-67(58-34-18-21-37-65(58)76-69)72-70(71-66)48-26-10-3-11-27-48)43-60(47-24-8-2-9-25-47)68(59)75-63-44-52(73(50-28-12-4-13-29-50)51-30-14-5-15-31-51)38-40-56(63)57-41-39-53(45-64(57)75)74-61-35-19-16-32-54(61)55-33-17-20-36-62(55)74/h1-45H. The second kappa shape index (κ2) is 18.0. The fraction of sp³-hybridized carbons (Fsp3) is 0. The van der Waals surface area contributed by atoms with Crippen LogP contribution >= 0.6 is 11.3 Å². The van der Waals surface area contributed by atoms with Crippen molar-refractivity contribution in [1.29, 1.82) is 0 Å². The number of aromatic nitrogens is 4. The number of hydrogen-bond donors (Lipinski definition) is 0. The van der Waals surface area contributed by atoms with Gasteiger partial charge in [-0.25, -0.2) is 9.97 Å². The summed E-state index contributed by atoms with van der Waals surface area (Å²) >= 11 is 1.76. The molecule has 0 aliphatic rings. The molecular formula is C70H45N5S. The number of hydrogen-bond acceptors (Lipinski definition) is 4. The Balaban J connectivity index is 1.09. The minimum absolute atomic E-state index is 0.701. The fourth-order valence-electron chi connectivity index (χ4n) is 11.5. The number of benzene rings is 11. The normalized spacial score (nSPS) is 11.7. The van der Waals surface area contributed by atoms with Crippen LogP contribution in [0.5, 0.6) is 0 Å². The highest BCUT2D eigenvalue weighted by Gasteiger charge is 2.26. The third kappa shape index (κ3) is 7.14. The van der Waals surface area contributed by atoms with E-state index in [1.54, 1.807) is 11.3 Å². The topological polar surface area (TPSA) is 38.9 Å². The summed E-state index contributed by atoms with van der Waals surface area (Å²) in [5.41, 5.74) is 18.1. The molecule has 0 saturated heterocycles. The van der Waals surface area contributed by atoms with Gasteiger partial charge in [0, 0.05) is 76.6 Å². The van der Waals surface area contributed by atoms with Gasteiger partial charge >= 0.3 is 0 Å². The summed E-state index contributed by atoms with van der Waals surface area (Å²) in [7, 11) is 0. The minimum Gasteiger partial charge on any atom is -0.310 e. The quantitative estimate of drug-likeness (QED) is 0.145. The van der Waals surface area contributed by atoms with Gasteiger partial charge in [-0.15, -0.1) is 11.3 Å². The average Bonchev–Trinajstić information content (AvgIpc) is 4.24. The second-order valence-electron chi connectivity index (χ2n) is 19.3. The monoisotopic (exact) mass is 987 g/mol. The zero-order valence-corrected chi connectivity index (χ0v) is 41.9. The summed E-state index contributed by atoms with van der Waals surface area (Å²) in [5.74, 6) is 0.701. The number of nitrogens with zero attached hydrogens (tertiary/aromatic N) is 5. The Morgan fingerprint density at radius 1 is 0.329 bits per heavy atom. The fourth-order valence-corrected chi connectivity index (χ4v) is 12.7. The van der Waals surface area contributed by atoms with Crippen LogP contribution in [0.15, 0.2) is 273 Å². The van der Waals surface area contributed by atoms with E-state index in [0.29, 0.717) is 5.82 Å². The van der Waals surface area contributed by atoms with Gasteiger partial charge in [-0.05, 0) is 90.0 Å². The zero-order valence-electron chi connectivity index (χ0n) is 41.1. The van der Waals surface area contributed by atoms with Crippen LogP contribution in [0, 0.1) is 0 Å². The van der Waals surface area contributed by atoms with E-state index in [-0.39, 0.29) is 0 Å². The van der Waals surface area contributed by atoms with E-state index in [4.69, 9.17) is 9.97 Å². The van der Waals surface area contributed by atoms with Crippen molar-refractivity contribution in [2.75, 3.05) is 4.90 Å². The Hall–Kier alpha value is -9.88. The van der Waals surface area contributed by atoms with E-state index in [1.165, 1.54) is 26.5 Å². The molecule has 15 aromatic rings. The molecule has 356 valence electrons. The van der Waals surface area contributed by atoms with E-state index in [0.717, 1.165) is 105 Å². The van der Waals surface area contributed by atoms with Crippen molar-refractivity contribution < 1.29 is 0 Å². The van der Waals surface area contributed by atoms with E-state index < -0.39 is 0 Å². The predicted octanol–water partition coefficient (Wildman–Crippen LogP) is 19.2. The molecule has 0 unspecified atom stereocenters. The lowest BCUT2D eigenvalue weighted by molar-refractivity contribution is 1.15. The Morgan fingerprint density at radius 3 is 1.39 bits per heavy atom. The Morgan fingerprint density at radius 2 is 0.803 bits per heavy atom. The van der Waals surface area contributed by atoms with Crippen LogP contribution in [0.4, 0.5) is 17.1 Å². The molecule has 0 saturated carbocycles. The molecule has 11 aromatic carbocycles. The molecule has 4 heterocycles. The number of anilines is 3. The molecule has 15 rings (SSSR count). The Bertz CT molecular complexity index is 4520. The lowest BCUT2D eigenvalue weighted by atomic mass is 9.91. The van der Waals surface area contributed by atoms with Gasteiger partial charge in [-0.2, -0.15) is 0 Å². The van der Waals surface area contributed by atoms with Crippen LogP contribution in [-0.2, 0) is 0 Å². The van der Waals surface area contributed by atoms with E-state index in [2.05, 4.69) is 281 Å². The predicted molar refractivity (Wildman–Crippen MR) is 320 cm³/mol. The largest absolute Gasteiger partial charge is 0.310 e. The Labute approximate surface area is 443 Å². The first kappa shape index (κ1) is 43.7. The molecule has 0 fully saturated rings. The third-order valence-corrected chi connectivity index (χ3v) is 16.1. The van der Waals surface area contributed by atoms with Crippen LogP contribution in [0.2, 0.25) is 0 Å². The highest BCUT2D eigenvalue weighted by atomic mass is 32.1. The summed E-state index contributed by atoms with van der Waals surface area (Å²) in [5, 5.41) is 5.91. The lowest BCUT2D eigenvalue weighted by Crippen LogP contribution is -2.10. The first-order valence-electron chi connectivity index (χ1n) is 25.7. The van der Waals surface area contributed by atoms with E-state index >= 15 is 0 Å². The molecule has 0 spiro atoms. The summed E-state index contributed by atoms with van der Waals surface area (Å²) in [4.78, 5) is 13.3. The highest BCUT2D eigenvalue weighted by Crippen LogP contribution is 2.48. The maximum Gasteiger partial charge on any atom is 0.160 e. The van der Waals surface area contributed by atoms with Gasteiger partial charge in [-0.1, -0.05) is 194 Å². The number of para-hydroxylation sites is 4. The minimum atomic E-state index is 0.701. The van der Waals surface area contributed by atoms with Crippen molar-refractivity contribution in [2.24, 2.45) is 0 Å².